The van der Waals surface area contributed by atoms with Crippen LogP contribution in [0.5, 0.6) is 0 Å². The summed E-state index contributed by atoms with van der Waals surface area (Å²) in [5.74, 6) is -0.230. The number of hydrogen-bond acceptors (Lipinski definition) is 8. The van der Waals surface area contributed by atoms with Crippen molar-refractivity contribution >= 4 is 36.8 Å². The summed E-state index contributed by atoms with van der Waals surface area (Å²) in [4.78, 5) is 17.2. The quantitative estimate of drug-likeness (QED) is 0.317. The summed E-state index contributed by atoms with van der Waals surface area (Å²) in [5, 5.41) is 4.80. The highest BCUT2D eigenvalue weighted by Gasteiger charge is 2.44. The van der Waals surface area contributed by atoms with Gasteiger partial charge in [-0.05, 0) is 52.3 Å². The second kappa shape index (κ2) is 10.9. The Kier molecular flexibility index (Phi) is 9.10. The van der Waals surface area contributed by atoms with Gasteiger partial charge >= 0.3 is 13.6 Å². The zero-order chi connectivity index (χ0) is 23.2. The van der Waals surface area contributed by atoms with Crippen LogP contribution in [0.4, 0.5) is 0 Å². The van der Waals surface area contributed by atoms with Crippen molar-refractivity contribution in [2.75, 3.05) is 13.2 Å². The highest BCUT2D eigenvalue weighted by Crippen LogP contribution is 2.54. The molecule has 0 fully saturated rings. The molecule has 11 heteroatoms. The molecular formula is C20H27Cl2N2O6P. The third kappa shape index (κ3) is 7.58. The third-order valence-corrected chi connectivity index (χ3v) is 7.04. The minimum absolute atomic E-state index is 0.100. The molecule has 31 heavy (non-hydrogen) atoms. The lowest BCUT2D eigenvalue weighted by Gasteiger charge is -2.27. The second-order valence-electron chi connectivity index (χ2n) is 7.66. The summed E-state index contributed by atoms with van der Waals surface area (Å²) < 4.78 is 34.9. The number of carbonyl (C=O) groups excluding carboxylic acids is 1. The molecule has 0 aliphatic rings. The predicted molar refractivity (Wildman–Crippen MR) is 118 cm³/mol. The number of hydrogen-bond donors (Lipinski definition) is 0. The fourth-order valence-corrected chi connectivity index (χ4v) is 4.88. The van der Waals surface area contributed by atoms with Crippen molar-refractivity contribution in [1.29, 1.82) is 0 Å². The summed E-state index contributed by atoms with van der Waals surface area (Å²) in [6.45, 7) is 8.69. The van der Waals surface area contributed by atoms with Crippen molar-refractivity contribution in [3.05, 3.63) is 45.5 Å². The molecule has 0 saturated heterocycles. The number of rotatable bonds is 10. The zero-order valence-electron chi connectivity index (χ0n) is 18.2. The number of aromatic nitrogens is 2. The Hall–Kier alpha value is -1.44. The number of ether oxygens (including phenoxy) is 1. The van der Waals surface area contributed by atoms with Crippen molar-refractivity contribution in [2.24, 2.45) is 0 Å². The molecule has 0 bridgehead atoms. The number of benzene rings is 1. The van der Waals surface area contributed by atoms with Crippen LogP contribution in [0.2, 0.25) is 10.0 Å². The normalized spacial score (nSPS) is 13.3. The van der Waals surface area contributed by atoms with Crippen LogP contribution in [0.1, 0.15) is 51.9 Å². The van der Waals surface area contributed by atoms with Crippen LogP contribution in [0, 0.1) is 0 Å². The summed E-state index contributed by atoms with van der Waals surface area (Å²) in [6.07, 6.45) is 0.187. The van der Waals surface area contributed by atoms with Gasteiger partial charge in [0.05, 0.1) is 29.7 Å². The van der Waals surface area contributed by atoms with Gasteiger partial charge in [-0.25, -0.2) is 0 Å². The van der Waals surface area contributed by atoms with Gasteiger partial charge in [0.1, 0.15) is 5.60 Å². The van der Waals surface area contributed by atoms with Gasteiger partial charge in [-0.3, -0.25) is 9.36 Å². The maximum absolute atomic E-state index is 13.3. The molecule has 0 N–H and O–H groups in total. The Labute approximate surface area is 192 Å². The third-order valence-electron chi connectivity index (χ3n) is 3.90. The molecule has 0 radical (unpaired) electrons. The topological polar surface area (TPSA) is 101 Å². The van der Waals surface area contributed by atoms with Crippen molar-refractivity contribution in [1.82, 2.24) is 10.1 Å². The van der Waals surface area contributed by atoms with Gasteiger partial charge in [-0.15, -0.1) is 0 Å². The number of halogens is 2. The van der Waals surface area contributed by atoms with Crippen LogP contribution in [-0.4, -0.2) is 40.6 Å². The standard InChI is InChI=1S/C20H27Cl2N2O6P/c1-6-27-31(26,28-7-2)16(19(25)29-20(3,4)5)12-18-23-17(24-30-18)11-13-8-9-14(21)15(22)10-13/h8-10,16H,6-7,11-12H2,1-5H3. The van der Waals surface area contributed by atoms with Crippen molar-refractivity contribution < 1.29 is 27.7 Å². The van der Waals surface area contributed by atoms with Gasteiger partial charge in [0.2, 0.25) is 5.89 Å². The molecule has 1 aromatic carbocycles. The van der Waals surface area contributed by atoms with E-state index in [2.05, 4.69) is 10.1 Å². The van der Waals surface area contributed by atoms with Gasteiger partial charge in [0.15, 0.2) is 11.5 Å². The van der Waals surface area contributed by atoms with Crippen LogP contribution in [-0.2, 0) is 36.0 Å². The second-order valence-corrected chi connectivity index (χ2v) is 10.7. The first-order valence-electron chi connectivity index (χ1n) is 9.84. The molecule has 172 valence electrons. The summed E-state index contributed by atoms with van der Waals surface area (Å²) in [6, 6.07) is 5.19. The van der Waals surface area contributed by atoms with Crippen LogP contribution in [0.15, 0.2) is 22.7 Å². The van der Waals surface area contributed by atoms with Gasteiger partial charge in [0, 0.05) is 6.42 Å². The smallest absolute Gasteiger partial charge is 0.345 e. The average molecular weight is 493 g/mol. The van der Waals surface area contributed by atoms with Crippen molar-refractivity contribution in [3.63, 3.8) is 0 Å². The Morgan fingerprint density at radius 2 is 1.81 bits per heavy atom. The zero-order valence-corrected chi connectivity index (χ0v) is 20.6. The van der Waals surface area contributed by atoms with Crippen LogP contribution < -0.4 is 0 Å². The fourth-order valence-electron chi connectivity index (χ4n) is 2.71. The molecule has 0 amide bonds. The maximum atomic E-state index is 13.3. The largest absolute Gasteiger partial charge is 0.459 e. The number of esters is 1. The van der Waals surface area contributed by atoms with Gasteiger partial charge in [0.25, 0.3) is 0 Å². The van der Waals surface area contributed by atoms with E-state index < -0.39 is 24.8 Å². The van der Waals surface area contributed by atoms with E-state index >= 15 is 0 Å². The van der Waals surface area contributed by atoms with Gasteiger partial charge in [-0.2, -0.15) is 4.98 Å². The molecule has 1 heterocycles. The van der Waals surface area contributed by atoms with Gasteiger partial charge < -0.3 is 18.3 Å². The molecule has 1 unspecified atom stereocenters. The lowest BCUT2D eigenvalue weighted by molar-refractivity contribution is -0.154. The van der Waals surface area contributed by atoms with Crippen LogP contribution >= 0.6 is 30.8 Å². The van der Waals surface area contributed by atoms with Crippen LogP contribution in [0.3, 0.4) is 0 Å². The lowest BCUT2D eigenvalue weighted by atomic mass is 10.1. The van der Waals surface area contributed by atoms with E-state index in [1.807, 2.05) is 0 Å². The van der Waals surface area contributed by atoms with E-state index in [0.29, 0.717) is 22.3 Å². The molecule has 0 aliphatic carbocycles. The maximum Gasteiger partial charge on any atom is 0.345 e. The minimum atomic E-state index is -3.84. The van der Waals surface area contributed by atoms with E-state index in [4.69, 9.17) is 41.5 Å². The predicted octanol–water partition coefficient (Wildman–Crippen LogP) is 5.49. The first-order valence-corrected chi connectivity index (χ1v) is 12.2. The minimum Gasteiger partial charge on any atom is -0.459 e. The van der Waals surface area contributed by atoms with Crippen molar-refractivity contribution in [2.45, 2.75) is 58.7 Å². The molecule has 2 aromatic rings. The Bertz CT molecular complexity index is 934. The van der Waals surface area contributed by atoms with E-state index in [-0.39, 0.29) is 25.5 Å². The highest BCUT2D eigenvalue weighted by molar-refractivity contribution is 7.55. The Balaban J connectivity index is 2.26. The molecule has 1 aromatic heterocycles. The molecule has 0 saturated carbocycles. The van der Waals surface area contributed by atoms with E-state index in [1.165, 1.54) is 0 Å². The van der Waals surface area contributed by atoms with Crippen molar-refractivity contribution in [3.8, 4) is 0 Å². The summed E-state index contributed by atoms with van der Waals surface area (Å²) >= 11 is 12.0. The molecule has 2 rings (SSSR count). The lowest BCUT2D eigenvalue weighted by Crippen LogP contribution is -2.34. The molecule has 0 aliphatic heterocycles. The van der Waals surface area contributed by atoms with E-state index in [9.17, 15) is 9.36 Å². The average Bonchev–Trinajstić information content (AvgIpc) is 3.09. The van der Waals surface area contributed by atoms with Crippen LogP contribution in [0.25, 0.3) is 0 Å². The molecule has 8 nitrogen and oxygen atoms in total. The SMILES string of the molecule is CCOP(=O)(OCC)C(Cc1nc(Cc2ccc(Cl)c(Cl)c2)no1)C(=O)OC(C)(C)C. The number of nitrogens with zero attached hydrogens (tertiary/aromatic N) is 2. The number of carbonyl (C=O) groups is 1. The highest BCUT2D eigenvalue weighted by atomic mass is 35.5. The summed E-state index contributed by atoms with van der Waals surface area (Å²) in [7, 11) is -3.84. The summed E-state index contributed by atoms with van der Waals surface area (Å²) in [5.41, 5.74) is -1.20. The Morgan fingerprint density at radius 1 is 1.16 bits per heavy atom. The van der Waals surface area contributed by atoms with E-state index in [0.717, 1.165) is 5.56 Å². The molecular weight excluding hydrogens is 466 g/mol. The first kappa shape index (κ1) is 25.8. The molecule has 0 spiro atoms. The van der Waals surface area contributed by atoms with Gasteiger partial charge in [-0.1, -0.05) is 34.4 Å². The monoisotopic (exact) mass is 492 g/mol. The first-order chi connectivity index (χ1) is 14.5. The fraction of sp³-hybridized carbons (Fsp3) is 0.550. The van der Waals surface area contributed by atoms with E-state index in [1.54, 1.807) is 52.8 Å². The molecule has 1 atom stereocenters. The Morgan fingerprint density at radius 3 is 2.35 bits per heavy atom.